The standard InChI is InChI=1S/C13H18N2O3/c1-7-4-10(15-12(16)8(2)6-14)5-11(9(7)3)13(17)18/h4-5,8H,6,14H2,1-3H3,(H,15,16)(H,17,18). The Bertz CT molecular complexity index is 483. The zero-order chi connectivity index (χ0) is 13.9. The van der Waals surface area contributed by atoms with E-state index < -0.39 is 5.97 Å². The van der Waals surface area contributed by atoms with Gasteiger partial charge >= 0.3 is 5.97 Å². The van der Waals surface area contributed by atoms with Gasteiger partial charge in [0.1, 0.15) is 0 Å². The summed E-state index contributed by atoms with van der Waals surface area (Å²) in [7, 11) is 0. The third-order valence-corrected chi connectivity index (χ3v) is 2.97. The van der Waals surface area contributed by atoms with Crippen molar-refractivity contribution in [2.24, 2.45) is 11.7 Å². The van der Waals surface area contributed by atoms with Crippen molar-refractivity contribution in [1.82, 2.24) is 0 Å². The molecule has 0 heterocycles. The maximum absolute atomic E-state index is 11.7. The lowest BCUT2D eigenvalue weighted by Crippen LogP contribution is -2.26. The summed E-state index contributed by atoms with van der Waals surface area (Å²) in [4.78, 5) is 22.8. The van der Waals surface area contributed by atoms with E-state index in [1.54, 1.807) is 19.9 Å². The van der Waals surface area contributed by atoms with Crippen LogP contribution in [0, 0.1) is 19.8 Å². The van der Waals surface area contributed by atoms with Gasteiger partial charge in [-0.05, 0) is 37.1 Å². The molecular formula is C13H18N2O3. The normalized spacial score (nSPS) is 12.0. The van der Waals surface area contributed by atoms with E-state index in [0.717, 1.165) is 5.56 Å². The molecule has 1 rings (SSSR count). The number of anilines is 1. The maximum Gasteiger partial charge on any atom is 0.336 e. The molecule has 5 nitrogen and oxygen atoms in total. The number of aromatic carboxylic acids is 1. The fraction of sp³-hybridized carbons (Fsp3) is 0.385. The van der Waals surface area contributed by atoms with Crippen molar-refractivity contribution >= 4 is 17.6 Å². The second-order valence-electron chi connectivity index (χ2n) is 4.40. The quantitative estimate of drug-likeness (QED) is 0.755. The first-order valence-corrected chi connectivity index (χ1v) is 5.72. The van der Waals surface area contributed by atoms with Gasteiger partial charge in [0.25, 0.3) is 0 Å². The number of carbonyl (C=O) groups excluding carboxylic acids is 1. The van der Waals surface area contributed by atoms with Gasteiger partial charge in [-0.15, -0.1) is 0 Å². The highest BCUT2D eigenvalue weighted by molar-refractivity contribution is 5.96. The topological polar surface area (TPSA) is 92.4 Å². The molecule has 0 aromatic heterocycles. The average molecular weight is 250 g/mol. The molecule has 1 atom stereocenters. The van der Waals surface area contributed by atoms with Gasteiger partial charge in [0, 0.05) is 18.2 Å². The SMILES string of the molecule is Cc1cc(NC(=O)C(C)CN)cc(C(=O)O)c1C. The Morgan fingerprint density at radius 2 is 2.00 bits per heavy atom. The molecule has 5 heteroatoms. The van der Waals surface area contributed by atoms with Crippen LogP contribution in [-0.4, -0.2) is 23.5 Å². The van der Waals surface area contributed by atoms with Gasteiger partial charge in [0.15, 0.2) is 0 Å². The molecule has 18 heavy (non-hydrogen) atoms. The minimum atomic E-state index is -1.00. The second kappa shape index (κ2) is 5.64. The molecule has 1 aromatic rings. The minimum Gasteiger partial charge on any atom is -0.478 e. The summed E-state index contributed by atoms with van der Waals surface area (Å²) < 4.78 is 0. The second-order valence-corrected chi connectivity index (χ2v) is 4.40. The van der Waals surface area contributed by atoms with Crippen LogP contribution in [0.4, 0.5) is 5.69 Å². The number of nitrogens with one attached hydrogen (secondary N) is 1. The highest BCUT2D eigenvalue weighted by atomic mass is 16.4. The monoisotopic (exact) mass is 250 g/mol. The van der Waals surface area contributed by atoms with Gasteiger partial charge in [-0.2, -0.15) is 0 Å². The Labute approximate surface area is 106 Å². The largest absolute Gasteiger partial charge is 0.478 e. The average Bonchev–Trinajstić information content (AvgIpc) is 2.31. The van der Waals surface area contributed by atoms with E-state index in [0.29, 0.717) is 11.3 Å². The molecule has 0 spiro atoms. The fourth-order valence-electron chi connectivity index (χ4n) is 1.53. The van der Waals surface area contributed by atoms with E-state index in [4.69, 9.17) is 10.8 Å². The molecule has 1 unspecified atom stereocenters. The molecule has 0 aliphatic heterocycles. The fourth-order valence-corrected chi connectivity index (χ4v) is 1.53. The highest BCUT2D eigenvalue weighted by Crippen LogP contribution is 2.20. The molecular weight excluding hydrogens is 232 g/mol. The lowest BCUT2D eigenvalue weighted by atomic mass is 10.0. The van der Waals surface area contributed by atoms with Crippen LogP contribution in [-0.2, 0) is 4.79 Å². The number of carboxylic acid groups (broad SMARTS) is 1. The number of hydrogen-bond acceptors (Lipinski definition) is 3. The van der Waals surface area contributed by atoms with Gasteiger partial charge in [-0.25, -0.2) is 4.79 Å². The van der Waals surface area contributed by atoms with Gasteiger partial charge in [0.05, 0.1) is 5.56 Å². The van der Waals surface area contributed by atoms with Crippen LogP contribution < -0.4 is 11.1 Å². The third-order valence-electron chi connectivity index (χ3n) is 2.97. The van der Waals surface area contributed by atoms with Crippen LogP contribution >= 0.6 is 0 Å². The van der Waals surface area contributed by atoms with Crippen LogP contribution in [0.1, 0.15) is 28.4 Å². The van der Waals surface area contributed by atoms with Crippen molar-refractivity contribution in [3.8, 4) is 0 Å². The summed E-state index contributed by atoms with van der Waals surface area (Å²) in [5, 5.41) is 11.7. The van der Waals surface area contributed by atoms with E-state index in [1.807, 2.05) is 6.92 Å². The van der Waals surface area contributed by atoms with Crippen molar-refractivity contribution in [2.75, 3.05) is 11.9 Å². The van der Waals surface area contributed by atoms with Crippen LogP contribution in [0.2, 0.25) is 0 Å². The lowest BCUT2D eigenvalue weighted by Gasteiger charge is -2.13. The van der Waals surface area contributed by atoms with Crippen molar-refractivity contribution in [2.45, 2.75) is 20.8 Å². The van der Waals surface area contributed by atoms with E-state index in [9.17, 15) is 9.59 Å². The van der Waals surface area contributed by atoms with Crippen LogP contribution in [0.15, 0.2) is 12.1 Å². The Hall–Kier alpha value is -1.88. The minimum absolute atomic E-state index is 0.200. The molecule has 98 valence electrons. The van der Waals surface area contributed by atoms with E-state index in [1.165, 1.54) is 6.07 Å². The van der Waals surface area contributed by atoms with Crippen LogP contribution in [0.3, 0.4) is 0 Å². The smallest absolute Gasteiger partial charge is 0.336 e. The first-order valence-electron chi connectivity index (χ1n) is 5.72. The van der Waals surface area contributed by atoms with E-state index >= 15 is 0 Å². The Balaban J connectivity index is 3.05. The summed E-state index contributed by atoms with van der Waals surface area (Å²) in [6.07, 6.45) is 0. The number of benzene rings is 1. The Morgan fingerprint density at radius 3 is 2.50 bits per heavy atom. The molecule has 0 bridgehead atoms. The summed E-state index contributed by atoms with van der Waals surface area (Å²) in [6, 6.07) is 3.22. The van der Waals surface area contributed by atoms with Gasteiger partial charge in [-0.1, -0.05) is 6.92 Å². The van der Waals surface area contributed by atoms with Gasteiger partial charge < -0.3 is 16.2 Å². The number of nitrogens with two attached hydrogens (primary N) is 1. The molecule has 0 saturated heterocycles. The van der Waals surface area contributed by atoms with E-state index in [-0.39, 0.29) is 23.9 Å². The Kier molecular flexibility index (Phi) is 4.44. The number of amides is 1. The maximum atomic E-state index is 11.7. The van der Waals surface area contributed by atoms with Crippen LogP contribution in [0.5, 0.6) is 0 Å². The lowest BCUT2D eigenvalue weighted by molar-refractivity contribution is -0.119. The molecule has 0 radical (unpaired) electrons. The molecule has 0 saturated carbocycles. The van der Waals surface area contributed by atoms with Gasteiger partial charge in [0.2, 0.25) is 5.91 Å². The number of hydrogen-bond donors (Lipinski definition) is 3. The molecule has 4 N–H and O–H groups in total. The predicted molar refractivity (Wildman–Crippen MR) is 69.7 cm³/mol. The molecule has 0 fully saturated rings. The summed E-state index contributed by atoms with van der Waals surface area (Å²) in [6.45, 7) is 5.52. The number of rotatable bonds is 4. The number of aryl methyl sites for hydroxylation is 1. The number of carboxylic acids is 1. The third kappa shape index (κ3) is 3.07. The Morgan fingerprint density at radius 1 is 1.39 bits per heavy atom. The highest BCUT2D eigenvalue weighted by Gasteiger charge is 2.14. The van der Waals surface area contributed by atoms with Crippen molar-refractivity contribution in [3.63, 3.8) is 0 Å². The van der Waals surface area contributed by atoms with E-state index in [2.05, 4.69) is 5.32 Å². The molecule has 1 amide bonds. The van der Waals surface area contributed by atoms with Crippen molar-refractivity contribution in [3.05, 3.63) is 28.8 Å². The summed E-state index contributed by atoms with van der Waals surface area (Å²) >= 11 is 0. The molecule has 1 aromatic carbocycles. The zero-order valence-electron chi connectivity index (χ0n) is 10.8. The van der Waals surface area contributed by atoms with Crippen molar-refractivity contribution in [1.29, 1.82) is 0 Å². The summed E-state index contributed by atoms with van der Waals surface area (Å²) in [5.74, 6) is -1.52. The van der Waals surface area contributed by atoms with Gasteiger partial charge in [-0.3, -0.25) is 4.79 Å². The number of carbonyl (C=O) groups is 2. The predicted octanol–water partition coefficient (Wildman–Crippen LogP) is 1.53. The van der Waals surface area contributed by atoms with Crippen molar-refractivity contribution < 1.29 is 14.7 Å². The van der Waals surface area contributed by atoms with Crippen LogP contribution in [0.25, 0.3) is 0 Å². The zero-order valence-corrected chi connectivity index (χ0v) is 10.8. The molecule has 0 aliphatic rings. The first-order chi connectivity index (χ1) is 8.36. The summed E-state index contributed by atoms with van der Waals surface area (Å²) in [5.41, 5.74) is 7.62. The molecule has 0 aliphatic carbocycles. The first kappa shape index (κ1) is 14.2.